The second kappa shape index (κ2) is 8.33. The summed E-state index contributed by atoms with van der Waals surface area (Å²) < 4.78 is 21.9. The van der Waals surface area contributed by atoms with Crippen molar-refractivity contribution in [3.8, 4) is 23.0 Å². The molecule has 0 bridgehead atoms. The average Bonchev–Trinajstić information content (AvgIpc) is 2.88. The van der Waals surface area contributed by atoms with Gasteiger partial charge in [-0.05, 0) is 42.3 Å². The largest absolute Gasteiger partial charge is 0.493 e. The summed E-state index contributed by atoms with van der Waals surface area (Å²) in [5, 5.41) is 9.17. The van der Waals surface area contributed by atoms with E-state index in [0.29, 0.717) is 23.0 Å². The molecule has 6 heteroatoms. The van der Waals surface area contributed by atoms with E-state index < -0.39 is 0 Å². The third-order valence-electron chi connectivity index (χ3n) is 5.07. The Morgan fingerprint density at radius 3 is 2.00 bits per heavy atom. The number of ether oxygens (including phenoxy) is 4. The Labute approximate surface area is 165 Å². The van der Waals surface area contributed by atoms with Crippen molar-refractivity contribution in [2.24, 2.45) is 10.2 Å². The molecule has 0 aliphatic carbocycles. The van der Waals surface area contributed by atoms with E-state index in [0.717, 1.165) is 34.5 Å². The molecule has 0 amide bonds. The second-order valence-electron chi connectivity index (χ2n) is 6.48. The van der Waals surface area contributed by atoms with Gasteiger partial charge in [0.05, 0.1) is 28.4 Å². The van der Waals surface area contributed by atoms with E-state index in [1.807, 2.05) is 30.3 Å². The highest BCUT2D eigenvalue weighted by Crippen LogP contribution is 2.38. The molecule has 2 aromatic carbocycles. The van der Waals surface area contributed by atoms with Gasteiger partial charge in [-0.25, -0.2) is 0 Å². The van der Waals surface area contributed by atoms with Crippen molar-refractivity contribution >= 4 is 11.4 Å². The molecule has 1 aliphatic rings. The maximum absolute atomic E-state index is 5.54. The maximum atomic E-state index is 5.54. The van der Waals surface area contributed by atoms with Crippen LogP contribution in [0, 0.1) is 0 Å². The number of rotatable bonds is 6. The zero-order chi connectivity index (χ0) is 20.3. The molecule has 1 unspecified atom stereocenters. The predicted molar refractivity (Wildman–Crippen MR) is 111 cm³/mol. The zero-order valence-corrected chi connectivity index (χ0v) is 17.2. The van der Waals surface area contributed by atoms with Gasteiger partial charge >= 0.3 is 0 Å². The van der Waals surface area contributed by atoms with Gasteiger partial charge in [0.15, 0.2) is 23.0 Å². The van der Waals surface area contributed by atoms with Crippen LogP contribution in [0.4, 0.5) is 0 Å². The third-order valence-corrected chi connectivity index (χ3v) is 5.07. The molecule has 2 aromatic rings. The Kier molecular flexibility index (Phi) is 5.87. The van der Waals surface area contributed by atoms with Crippen LogP contribution in [0.25, 0.3) is 0 Å². The quantitative estimate of drug-likeness (QED) is 0.741. The maximum Gasteiger partial charge on any atom is 0.161 e. The number of hydrogen-bond donors (Lipinski definition) is 0. The first-order valence-corrected chi connectivity index (χ1v) is 9.20. The smallest absolute Gasteiger partial charge is 0.161 e. The normalized spacial score (nSPS) is 15.7. The van der Waals surface area contributed by atoms with Crippen molar-refractivity contribution in [2.75, 3.05) is 28.4 Å². The minimum atomic E-state index is 0.112. The van der Waals surface area contributed by atoms with E-state index in [4.69, 9.17) is 18.9 Å². The van der Waals surface area contributed by atoms with Gasteiger partial charge in [-0.2, -0.15) is 5.10 Å². The molecule has 28 heavy (non-hydrogen) atoms. The van der Waals surface area contributed by atoms with Crippen LogP contribution in [0.5, 0.6) is 23.0 Å². The summed E-state index contributed by atoms with van der Waals surface area (Å²) in [7, 11) is 6.51. The Morgan fingerprint density at radius 1 is 0.786 bits per heavy atom. The summed E-state index contributed by atoms with van der Waals surface area (Å²) in [6.07, 6.45) is 0.817. The van der Waals surface area contributed by atoms with Gasteiger partial charge in [-0.15, -0.1) is 5.10 Å². The molecule has 1 atom stereocenters. The van der Waals surface area contributed by atoms with Gasteiger partial charge < -0.3 is 18.9 Å². The fraction of sp³-hybridized carbons (Fsp3) is 0.364. The highest BCUT2D eigenvalue weighted by molar-refractivity contribution is 6.16. The van der Waals surface area contributed by atoms with Crippen LogP contribution in [0.2, 0.25) is 0 Å². The summed E-state index contributed by atoms with van der Waals surface area (Å²) in [4.78, 5) is 0. The first-order valence-electron chi connectivity index (χ1n) is 9.20. The van der Waals surface area contributed by atoms with Gasteiger partial charge in [-0.1, -0.05) is 13.8 Å². The van der Waals surface area contributed by atoms with Crippen LogP contribution < -0.4 is 18.9 Å². The lowest BCUT2D eigenvalue weighted by molar-refractivity contribution is 0.354. The molecule has 0 fully saturated rings. The minimum Gasteiger partial charge on any atom is -0.493 e. The summed E-state index contributed by atoms with van der Waals surface area (Å²) in [6.45, 7) is 4.23. The van der Waals surface area contributed by atoms with Gasteiger partial charge in [0.1, 0.15) is 5.71 Å². The number of fused-ring (bicyclic) bond motifs is 1. The molecule has 0 radical (unpaired) electrons. The lowest BCUT2D eigenvalue weighted by Gasteiger charge is -2.19. The Hall–Kier alpha value is -3.02. The predicted octanol–water partition coefficient (Wildman–Crippen LogP) is 4.44. The summed E-state index contributed by atoms with van der Waals surface area (Å²) in [6, 6.07) is 9.73. The Bertz CT molecular complexity index is 934. The molecule has 0 saturated heterocycles. The van der Waals surface area contributed by atoms with Gasteiger partial charge in [0.2, 0.25) is 0 Å². The van der Waals surface area contributed by atoms with E-state index in [1.165, 1.54) is 0 Å². The highest BCUT2D eigenvalue weighted by Gasteiger charge is 2.25. The van der Waals surface area contributed by atoms with Gasteiger partial charge in [0, 0.05) is 22.8 Å². The van der Waals surface area contributed by atoms with E-state index in [1.54, 1.807) is 28.4 Å². The molecular formula is C22H26N2O4. The monoisotopic (exact) mass is 382 g/mol. The van der Waals surface area contributed by atoms with Gasteiger partial charge in [-0.3, -0.25) is 0 Å². The Morgan fingerprint density at radius 2 is 1.39 bits per heavy atom. The summed E-state index contributed by atoms with van der Waals surface area (Å²) in [5.74, 6) is 2.76. The van der Waals surface area contributed by atoms with Gasteiger partial charge in [0.25, 0.3) is 0 Å². The van der Waals surface area contributed by atoms with Crippen molar-refractivity contribution in [3.63, 3.8) is 0 Å². The Balaban J connectivity index is 2.26. The second-order valence-corrected chi connectivity index (χ2v) is 6.48. The molecule has 6 nitrogen and oxygen atoms in total. The van der Waals surface area contributed by atoms with E-state index in [2.05, 4.69) is 24.1 Å². The number of methoxy groups -OCH3 is 4. The van der Waals surface area contributed by atoms with Crippen molar-refractivity contribution < 1.29 is 18.9 Å². The molecule has 3 rings (SSSR count). The first-order chi connectivity index (χ1) is 13.6. The van der Waals surface area contributed by atoms with Crippen molar-refractivity contribution in [1.82, 2.24) is 0 Å². The highest BCUT2D eigenvalue weighted by atomic mass is 16.5. The SMILES string of the molecule is CCC1=NN=C(c2ccc(OC)c(OC)c2)c2cc(OC)c(OC)cc2C1C. The lowest BCUT2D eigenvalue weighted by atomic mass is 9.87. The molecule has 1 aliphatic heterocycles. The zero-order valence-electron chi connectivity index (χ0n) is 17.2. The van der Waals surface area contributed by atoms with Crippen molar-refractivity contribution in [2.45, 2.75) is 26.2 Å². The molecule has 0 saturated carbocycles. The standard InChI is InChI=1S/C22H26N2O4/c1-7-17-13(2)15-11-20(27-5)21(28-6)12-16(15)22(24-23-17)14-8-9-18(25-3)19(10-14)26-4/h8-13H,7H2,1-6H3. The lowest BCUT2D eigenvalue weighted by Crippen LogP contribution is -2.12. The molecule has 0 aromatic heterocycles. The van der Waals surface area contributed by atoms with Crippen LogP contribution >= 0.6 is 0 Å². The molecular weight excluding hydrogens is 356 g/mol. The van der Waals surface area contributed by atoms with Crippen LogP contribution in [0.1, 0.15) is 42.9 Å². The van der Waals surface area contributed by atoms with E-state index in [9.17, 15) is 0 Å². The van der Waals surface area contributed by atoms with Crippen LogP contribution in [-0.4, -0.2) is 39.9 Å². The number of hydrogen-bond acceptors (Lipinski definition) is 6. The fourth-order valence-corrected chi connectivity index (χ4v) is 3.47. The van der Waals surface area contributed by atoms with E-state index in [-0.39, 0.29) is 5.92 Å². The van der Waals surface area contributed by atoms with Crippen LogP contribution in [-0.2, 0) is 0 Å². The molecule has 0 N–H and O–H groups in total. The van der Waals surface area contributed by atoms with E-state index >= 15 is 0 Å². The average molecular weight is 382 g/mol. The topological polar surface area (TPSA) is 61.6 Å². The fourth-order valence-electron chi connectivity index (χ4n) is 3.47. The van der Waals surface area contributed by atoms with Crippen LogP contribution in [0.15, 0.2) is 40.5 Å². The first kappa shape index (κ1) is 19.7. The number of nitrogens with zero attached hydrogens (tertiary/aromatic N) is 2. The molecule has 0 spiro atoms. The molecule has 1 heterocycles. The summed E-state index contributed by atoms with van der Waals surface area (Å²) >= 11 is 0. The minimum absolute atomic E-state index is 0.112. The summed E-state index contributed by atoms with van der Waals surface area (Å²) in [5.41, 5.74) is 4.73. The van der Waals surface area contributed by atoms with Crippen molar-refractivity contribution in [3.05, 3.63) is 47.0 Å². The third kappa shape index (κ3) is 3.42. The molecule has 148 valence electrons. The van der Waals surface area contributed by atoms with Crippen LogP contribution in [0.3, 0.4) is 0 Å². The number of benzene rings is 2. The van der Waals surface area contributed by atoms with Crippen molar-refractivity contribution in [1.29, 1.82) is 0 Å².